The van der Waals surface area contributed by atoms with Gasteiger partial charge >= 0.3 is 0 Å². The number of amides is 1. The quantitative estimate of drug-likeness (QED) is 0.333. The van der Waals surface area contributed by atoms with Crippen LogP contribution in [-0.4, -0.2) is 16.0 Å². The third-order valence-electron chi connectivity index (χ3n) is 4.22. The Morgan fingerprint density at radius 3 is 2.21 bits per heavy atom. The number of carbonyl (C=O) groups excluding carboxylic acids is 1. The van der Waals surface area contributed by atoms with E-state index in [0.717, 1.165) is 5.69 Å². The molecule has 0 aliphatic carbocycles. The summed E-state index contributed by atoms with van der Waals surface area (Å²) in [5.41, 5.74) is 1.73. The van der Waals surface area contributed by atoms with Crippen LogP contribution in [0.25, 0.3) is 6.08 Å². The average molecular weight is 401 g/mol. The van der Waals surface area contributed by atoms with Crippen LogP contribution in [0.4, 0.5) is 17.1 Å². The SMILES string of the molecule is O=C1/C(=C\c2ccccc2[N+](=O)[O-])SC(=Nc2ccccc2)N1c1ccccc1. The first-order chi connectivity index (χ1) is 14.1. The number of benzene rings is 3. The van der Waals surface area contributed by atoms with Gasteiger partial charge < -0.3 is 0 Å². The minimum Gasteiger partial charge on any atom is -0.268 e. The first-order valence-corrected chi connectivity index (χ1v) is 9.61. The van der Waals surface area contributed by atoms with Crippen LogP contribution in [0.1, 0.15) is 5.56 Å². The Labute approximate surface area is 171 Å². The Balaban J connectivity index is 1.80. The highest BCUT2D eigenvalue weighted by molar-refractivity contribution is 8.19. The molecular formula is C22H15N3O3S. The summed E-state index contributed by atoms with van der Waals surface area (Å²) < 4.78 is 0. The van der Waals surface area contributed by atoms with E-state index < -0.39 is 4.92 Å². The van der Waals surface area contributed by atoms with E-state index in [-0.39, 0.29) is 11.6 Å². The molecular weight excluding hydrogens is 386 g/mol. The predicted molar refractivity (Wildman–Crippen MR) is 116 cm³/mol. The standard InChI is InChI=1S/C22H15N3O3S/c26-21-20(15-16-9-7-8-14-19(16)25(27)28)29-22(23-17-10-3-1-4-11-17)24(21)18-12-5-2-6-13-18/h1-15H/b20-15+,23-22?. The smallest absolute Gasteiger partial charge is 0.268 e. The molecule has 0 N–H and O–H groups in total. The minimum absolute atomic E-state index is 0.0480. The molecule has 0 unspecified atom stereocenters. The van der Waals surface area contributed by atoms with Gasteiger partial charge in [0, 0.05) is 6.07 Å². The number of anilines is 1. The number of aliphatic imine (C=N–C) groups is 1. The van der Waals surface area contributed by atoms with Gasteiger partial charge in [0.05, 0.1) is 26.8 Å². The van der Waals surface area contributed by atoms with Gasteiger partial charge in [0.1, 0.15) is 0 Å². The second-order valence-corrected chi connectivity index (χ2v) is 7.14. The molecule has 142 valence electrons. The molecule has 1 saturated heterocycles. The fourth-order valence-corrected chi connectivity index (χ4v) is 3.88. The lowest BCUT2D eigenvalue weighted by molar-refractivity contribution is -0.385. The van der Waals surface area contributed by atoms with Crippen LogP contribution in [0.15, 0.2) is 94.8 Å². The number of thioether (sulfide) groups is 1. The summed E-state index contributed by atoms with van der Waals surface area (Å²) in [6.45, 7) is 0. The molecule has 6 nitrogen and oxygen atoms in total. The fourth-order valence-electron chi connectivity index (χ4n) is 2.88. The van der Waals surface area contributed by atoms with Crippen molar-refractivity contribution in [3.63, 3.8) is 0 Å². The van der Waals surface area contributed by atoms with Crippen molar-refractivity contribution in [2.24, 2.45) is 4.99 Å². The highest BCUT2D eigenvalue weighted by atomic mass is 32.2. The summed E-state index contributed by atoms with van der Waals surface area (Å²) in [7, 11) is 0. The number of amidine groups is 1. The third kappa shape index (κ3) is 3.95. The minimum atomic E-state index is -0.454. The lowest BCUT2D eigenvalue weighted by Crippen LogP contribution is -2.28. The molecule has 0 radical (unpaired) electrons. The molecule has 1 amide bonds. The number of nitrogens with zero attached hydrogens (tertiary/aromatic N) is 3. The van der Waals surface area contributed by atoms with E-state index in [1.54, 1.807) is 24.3 Å². The molecule has 1 fully saturated rings. The molecule has 29 heavy (non-hydrogen) atoms. The molecule has 3 aromatic rings. The maximum absolute atomic E-state index is 13.2. The van der Waals surface area contributed by atoms with E-state index in [0.29, 0.717) is 21.3 Å². The molecule has 1 heterocycles. The van der Waals surface area contributed by atoms with Crippen molar-refractivity contribution in [2.75, 3.05) is 4.90 Å². The molecule has 0 bridgehead atoms. The van der Waals surface area contributed by atoms with Gasteiger partial charge in [-0.15, -0.1) is 0 Å². The Hall–Kier alpha value is -3.71. The van der Waals surface area contributed by atoms with Crippen LogP contribution >= 0.6 is 11.8 Å². The summed E-state index contributed by atoms with van der Waals surface area (Å²) in [4.78, 5) is 30.6. The Morgan fingerprint density at radius 1 is 0.897 bits per heavy atom. The molecule has 0 atom stereocenters. The zero-order valence-corrected chi connectivity index (χ0v) is 16.0. The van der Waals surface area contributed by atoms with Gasteiger partial charge in [-0.05, 0) is 48.2 Å². The zero-order valence-electron chi connectivity index (χ0n) is 15.1. The highest BCUT2D eigenvalue weighted by Gasteiger charge is 2.35. The van der Waals surface area contributed by atoms with Crippen LogP contribution in [-0.2, 0) is 4.79 Å². The Morgan fingerprint density at radius 2 is 1.52 bits per heavy atom. The second kappa shape index (κ2) is 8.12. The lowest BCUT2D eigenvalue weighted by atomic mass is 10.1. The van der Waals surface area contributed by atoms with Gasteiger partial charge in [0.25, 0.3) is 11.6 Å². The van der Waals surface area contributed by atoms with Crippen LogP contribution in [0, 0.1) is 10.1 Å². The average Bonchev–Trinajstić information content (AvgIpc) is 3.04. The largest absolute Gasteiger partial charge is 0.276 e. The maximum Gasteiger partial charge on any atom is 0.276 e. The lowest BCUT2D eigenvalue weighted by Gasteiger charge is -2.15. The number of para-hydroxylation sites is 3. The van der Waals surface area contributed by atoms with Crippen molar-refractivity contribution < 1.29 is 9.72 Å². The van der Waals surface area contributed by atoms with Crippen molar-refractivity contribution in [3.8, 4) is 0 Å². The molecule has 7 heteroatoms. The normalized spacial score (nSPS) is 16.6. The maximum atomic E-state index is 13.2. The second-order valence-electron chi connectivity index (χ2n) is 6.13. The van der Waals surface area contributed by atoms with E-state index in [1.165, 1.54) is 22.7 Å². The van der Waals surface area contributed by atoms with E-state index in [1.807, 2.05) is 60.7 Å². The zero-order chi connectivity index (χ0) is 20.2. The van der Waals surface area contributed by atoms with Crippen molar-refractivity contribution in [1.29, 1.82) is 0 Å². The molecule has 1 aliphatic heterocycles. The summed E-state index contributed by atoms with van der Waals surface area (Å²) in [5.74, 6) is -0.269. The first kappa shape index (κ1) is 18.6. The number of nitro benzene ring substituents is 1. The highest BCUT2D eigenvalue weighted by Crippen LogP contribution is 2.38. The van der Waals surface area contributed by atoms with Gasteiger partial charge in [0.2, 0.25) is 0 Å². The molecule has 1 aliphatic rings. The monoisotopic (exact) mass is 401 g/mol. The van der Waals surface area contributed by atoms with Gasteiger partial charge in [0.15, 0.2) is 5.17 Å². The fraction of sp³-hybridized carbons (Fsp3) is 0. The molecule has 3 aromatic carbocycles. The number of hydrogen-bond acceptors (Lipinski definition) is 5. The molecule has 0 aromatic heterocycles. The topological polar surface area (TPSA) is 75.8 Å². The summed E-state index contributed by atoms with van der Waals surface area (Å²) in [5, 5.41) is 11.8. The number of carbonyl (C=O) groups is 1. The third-order valence-corrected chi connectivity index (χ3v) is 5.19. The van der Waals surface area contributed by atoms with E-state index >= 15 is 0 Å². The first-order valence-electron chi connectivity index (χ1n) is 8.80. The number of rotatable bonds is 4. The van der Waals surface area contributed by atoms with Crippen LogP contribution in [0.2, 0.25) is 0 Å². The van der Waals surface area contributed by atoms with E-state index in [9.17, 15) is 14.9 Å². The van der Waals surface area contributed by atoms with Crippen molar-refractivity contribution in [2.45, 2.75) is 0 Å². The molecule has 0 saturated carbocycles. The van der Waals surface area contributed by atoms with Crippen LogP contribution in [0.5, 0.6) is 0 Å². The van der Waals surface area contributed by atoms with Crippen molar-refractivity contribution in [1.82, 2.24) is 0 Å². The van der Waals surface area contributed by atoms with Gasteiger partial charge in [-0.2, -0.15) is 0 Å². The van der Waals surface area contributed by atoms with Crippen molar-refractivity contribution >= 4 is 46.0 Å². The molecule has 4 rings (SSSR count). The van der Waals surface area contributed by atoms with Gasteiger partial charge in [-0.25, -0.2) is 4.99 Å². The Kier molecular flexibility index (Phi) is 5.22. The van der Waals surface area contributed by atoms with Crippen LogP contribution < -0.4 is 4.90 Å². The summed E-state index contributed by atoms with van der Waals surface area (Å²) in [6, 6.07) is 24.9. The van der Waals surface area contributed by atoms with Crippen LogP contribution in [0.3, 0.4) is 0 Å². The Bertz CT molecular complexity index is 1130. The van der Waals surface area contributed by atoms with E-state index in [2.05, 4.69) is 4.99 Å². The van der Waals surface area contributed by atoms with Gasteiger partial charge in [-0.1, -0.05) is 48.5 Å². The molecule has 0 spiro atoms. The summed E-state index contributed by atoms with van der Waals surface area (Å²) in [6.07, 6.45) is 1.55. The van der Waals surface area contributed by atoms with Crippen molar-refractivity contribution in [3.05, 3.63) is 106 Å². The van der Waals surface area contributed by atoms with E-state index in [4.69, 9.17) is 0 Å². The van der Waals surface area contributed by atoms with Gasteiger partial charge in [-0.3, -0.25) is 19.8 Å². The number of hydrogen-bond donors (Lipinski definition) is 0. The summed E-state index contributed by atoms with van der Waals surface area (Å²) >= 11 is 1.20. The predicted octanol–water partition coefficient (Wildman–Crippen LogP) is 5.40. The number of nitro groups is 1.